The van der Waals surface area contributed by atoms with Gasteiger partial charge >= 0.3 is 0 Å². The SMILES string of the molecule is CC(C)(C)[C@]1(CO)CN(C=O)CCO1. The number of nitrogens with zero attached hydrogens (tertiary/aromatic N) is 1. The van der Waals surface area contributed by atoms with E-state index < -0.39 is 5.60 Å². The molecule has 14 heavy (non-hydrogen) atoms. The zero-order valence-corrected chi connectivity index (χ0v) is 9.12. The van der Waals surface area contributed by atoms with Crippen molar-refractivity contribution >= 4 is 6.41 Å². The Balaban J connectivity index is 2.83. The molecular formula is C10H19NO3. The van der Waals surface area contributed by atoms with Gasteiger partial charge in [0.15, 0.2) is 0 Å². The van der Waals surface area contributed by atoms with Gasteiger partial charge in [0, 0.05) is 6.54 Å². The average Bonchev–Trinajstić information content (AvgIpc) is 2.16. The lowest BCUT2D eigenvalue weighted by Gasteiger charge is -2.48. The van der Waals surface area contributed by atoms with E-state index in [1.54, 1.807) is 4.90 Å². The number of amides is 1. The smallest absolute Gasteiger partial charge is 0.209 e. The minimum absolute atomic E-state index is 0.0547. The summed E-state index contributed by atoms with van der Waals surface area (Å²) in [5.41, 5.74) is -0.796. The van der Waals surface area contributed by atoms with Crippen molar-refractivity contribution in [1.82, 2.24) is 4.90 Å². The molecule has 0 aromatic heterocycles. The highest BCUT2D eigenvalue weighted by molar-refractivity contribution is 5.47. The zero-order valence-electron chi connectivity index (χ0n) is 9.12. The van der Waals surface area contributed by atoms with Crippen LogP contribution in [0.15, 0.2) is 0 Å². The first kappa shape index (κ1) is 11.5. The van der Waals surface area contributed by atoms with Crippen LogP contribution in [-0.4, -0.2) is 48.3 Å². The molecule has 0 bridgehead atoms. The van der Waals surface area contributed by atoms with E-state index >= 15 is 0 Å². The molecule has 1 atom stereocenters. The molecule has 4 heteroatoms. The molecule has 0 spiro atoms. The Morgan fingerprint density at radius 1 is 1.57 bits per heavy atom. The molecule has 1 aliphatic heterocycles. The molecule has 0 radical (unpaired) electrons. The van der Waals surface area contributed by atoms with E-state index in [2.05, 4.69) is 0 Å². The Morgan fingerprint density at radius 2 is 2.21 bits per heavy atom. The molecule has 0 aliphatic carbocycles. The van der Waals surface area contributed by atoms with Crippen molar-refractivity contribution in [2.24, 2.45) is 5.41 Å². The molecule has 1 aliphatic rings. The monoisotopic (exact) mass is 201 g/mol. The summed E-state index contributed by atoms with van der Waals surface area (Å²) in [6, 6.07) is 0. The standard InChI is InChI=1S/C10H19NO3/c1-9(2,3)10(7-12)6-11(8-13)4-5-14-10/h8,12H,4-7H2,1-3H3/t10-/m1/s1. The number of carbonyl (C=O) groups excluding carboxylic acids is 1. The first-order chi connectivity index (χ1) is 6.45. The summed E-state index contributed by atoms with van der Waals surface area (Å²) in [5, 5.41) is 9.42. The van der Waals surface area contributed by atoms with Crippen LogP contribution in [0.3, 0.4) is 0 Å². The van der Waals surface area contributed by atoms with Crippen molar-refractivity contribution in [3.8, 4) is 0 Å². The second kappa shape index (κ2) is 3.87. The molecule has 0 aromatic rings. The van der Waals surface area contributed by atoms with Gasteiger partial charge < -0.3 is 14.7 Å². The van der Waals surface area contributed by atoms with Gasteiger partial charge in [-0.3, -0.25) is 4.79 Å². The van der Waals surface area contributed by atoms with Gasteiger partial charge in [-0.1, -0.05) is 20.8 Å². The highest BCUT2D eigenvalue weighted by Crippen LogP contribution is 2.35. The van der Waals surface area contributed by atoms with Crippen LogP contribution in [-0.2, 0) is 9.53 Å². The van der Waals surface area contributed by atoms with Gasteiger partial charge in [-0.15, -0.1) is 0 Å². The molecule has 1 amide bonds. The van der Waals surface area contributed by atoms with Crippen LogP contribution in [0.1, 0.15) is 20.8 Å². The minimum atomic E-state index is -0.619. The van der Waals surface area contributed by atoms with Crippen LogP contribution >= 0.6 is 0 Å². The highest BCUT2D eigenvalue weighted by atomic mass is 16.5. The molecule has 82 valence electrons. The van der Waals surface area contributed by atoms with Crippen molar-refractivity contribution < 1.29 is 14.6 Å². The quantitative estimate of drug-likeness (QED) is 0.652. The fourth-order valence-corrected chi connectivity index (χ4v) is 1.69. The van der Waals surface area contributed by atoms with Gasteiger partial charge in [0.1, 0.15) is 5.60 Å². The van der Waals surface area contributed by atoms with Gasteiger partial charge in [0.25, 0.3) is 0 Å². The lowest BCUT2D eigenvalue weighted by molar-refractivity contribution is -0.185. The molecule has 1 heterocycles. The maximum Gasteiger partial charge on any atom is 0.209 e. The van der Waals surface area contributed by atoms with Crippen molar-refractivity contribution in [2.75, 3.05) is 26.3 Å². The largest absolute Gasteiger partial charge is 0.393 e. The molecule has 0 unspecified atom stereocenters. The van der Waals surface area contributed by atoms with Gasteiger partial charge in [-0.2, -0.15) is 0 Å². The molecule has 0 aromatic carbocycles. The predicted octanol–water partition coefficient (Wildman–Crippen LogP) is 0.252. The second-order valence-corrected chi connectivity index (χ2v) is 4.83. The van der Waals surface area contributed by atoms with E-state index in [4.69, 9.17) is 4.74 Å². The molecule has 0 saturated carbocycles. The van der Waals surface area contributed by atoms with E-state index in [1.807, 2.05) is 20.8 Å². The van der Waals surface area contributed by atoms with Crippen molar-refractivity contribution in [1.29, 1.82) is 0 Å². The highest BCUT2D eigenvalue weighted by Gasteiger charge is 2.45. The summed E-state index contributed by atoms with van der Waals surface area (Å²) in [5.74, 6) is 0. The third kappa shape index (κ3) is 1.91. The molecule has 1 N–H and O–H groups in total. The summed E-state index contributed by atoms with van der Waals surface area (Å²) in [6.07, 6.45) is 0.818. The van der Waals surface area contributed by atoms with Gasteiger partial charge in [-0.05, 0) is 5.41 Å². The van der Waals surface area contributed by atoms with E-state index in [1.165, 1.54) is 0 Å². The molecule has 4 nitrogen and oxygen atoms in total. The number of carbonyl (C=O) groups is 1. The van der Waals surface area contributed by atoms with Crippen LogP contribution < -0.4 is 0 Å². The lowest BCUT2D eigenvalue weighted by atomic mass is 9.76. The first-order valence-corrected chi connectivity index (χ1v) is 4.89. The Hall–Kier alpha value is -0.610. The van der Waals surface area contributed by atoms with Crippen molar-refractivity contribution in [2.45, 2.75) is 26.4 Å². The number of aliphatic hydroxyl groups excluding tert-OH is 1. The summed E-state index contributed by atoms with van der Waals surface area (Å²) >= 11 is 0. The van der Waals surface area contributed by atoms with Gasteiger partial charge in [0.05, 0.1) is 19.8 Å². The maximum atomic E-state index is 10.7. The van der Waals surface area contributed by atoms with Crippen LogP contribution in [0.5, 0.6) is 0 Å². The normalized spacial score (nSPS) is 29.0. The summed E-state index contributed by atoms with van der Waals surface area (Å²) in [7, 11) is 0. The predicted molar refractivity (Wildman–Crippen MR) is 52.9 cm³/mol. The zero-order chi connectivity index (χ0) is 10.8. The Labute approximate surface area is 84.8 Å². The Morgan fingerprint density at radius 3 is 2.64 bits per heavy atom. The van der Waals surface area contributed by atoms with Gasteiger partial charge in [-0.25, -0.2) is 0 Å². The lowest BCUT2D eigenvalue weighted by Crippen LogP contribution is -2.60. The fourth-order valence-electron chi connectivity index (χ4n) is 1.69. The van der Waals surface area contributed by atoms with Gasteiger partial charge in [0.2, 0.25) is 6.41 Å². The van der Waals surface area contributed by atoms with Crippen molar-refractivity contribution in [3.05, 3.63) is 0 Å². The second-order valence-electron chi connectivity index (χ2n) is 4.83. The number of aliphatic hydroxyl groups is 1. The van der Waals surface area contributed by atoms with E-state index in [0.29, 0.717) is 19.7 Å². The van der Waals surface area contributed by atoms with E-state index in [0.717, 1.165) is 6.41 Å². The summed E-state index contributed by atoms with van der Waals surface area (Å²) in [4.78, 5) is 12.3. The average molecular weight is 201 g/mol. The fraction of sp³-hybridized carbons (Fsp3) is 0.900. The number of morpholine rings is 1. The Kier molecular flexibility index (Phi) is 3.17. The number of hydrogen-bond donors (Lipinski definition) is 1. The van der Waals surface area contributed by atoms with E-state index in [-0.39, 0.29) is 12.0 Å². The maximum absolute atomic E-state index is 10.7. The third-order valence-electron chi connectivity index (χ3n) is 2.99. The van der Waals surface area contributed by atoms with Crippen LogP contribution in [0.25, 0.3) is 0 Å². The molecule has 1 saturated heterocycles. The summed E-state index contributed by atoms with van der Waals surface area (Å²) < 4.78 is 5.66. The Bertz CT molecular complexity index is 212. The summed E-state index contributed by atoms with van der Waals surface area (Å²) in [6.45, 7) is 7.56. The number of hydrogen-bond acceptors (Lipinski definition) is 3. The third-order valence-corrected chi connectivity index (χ3v) is 2.99. The minimum Gasteiger partial charge on any atom is -0.393 e. The molecule has 1 fully saturated rings. The van der Waals surface area contributed by atoms with Crippen LogP contribution in [0.2, 0.25) is 0 Å². The number of rotatable bonds is 2. The topological polar surface area (TPSA) is 49.8 Å². The van der Waals surface area contributed by atoms with Crippen LogP contribution in [0.4, 0.5) is 0 Å². The molecule has 1 rings (SSSR count). The first-order valence-electron chi connectivity index (χ1n) is 4.89. The van der Waals surface area contributed by atoms with Crippen LogP contribution in [0, 0.1) is 5.41 Å². The van der Waals surface area contributed by atoms with E-state index in [9.17, 15) is 9.90 Å². The number of ether oxygens (including phenoxy) is 1. The van der Waals surface area contributed by atoms with Crippen molar-refractivity contribution in [3.63, 3.8) is 0 Å². The molecular weight excluding hydrogens is 182 g/mol.